The van der Waals surface area contributed by atoms with Gasteiger partial charge in [-0.1, -0.05) is 12.1 Å². The fraction of sp³-hybridized carbons (Fsp3) is 0.200. The molecule has 9 nitrogen and oxygen atoms in total. The summed E-state index contributed by atoms with van der Waals surface area (Å²) >= 11 is 0. The first-order valence-electron chi connectivity index (χ1n) is 7.05. The van der Waals surface area contributed by atoms with Crippen molar-refractivity contribution in [3.63, 3.8) is 0 Å². The zero-order valence-electron chi connectivity index (χ0n) is 13.7. The maximum Gasteiger partial charge on any atom is 0.274 e. The molecule has 2 rings (SSSR count). The third-order valence-electron chi connectivity index (χ3n) is 3.83. The molecule has 25 heavy (non-hydrogen) atoms. The number of nitro groups is 2. The Balaban J connectivity index is 2.62. The zero-order valence-corrected chi connectivity index (χ0v) is 14.5. The van der Waals surface area contributed by atoms with Crippen molar-refractivity contribution in [1.82, 2.24) is 0 Å². The lowest BCUT2D eigenvalue weighted by Crippen LogP contribution is -2.28. The summed E-state index contributed by atoms with van der Waals surface area (Å²) in [6.07, 6.45) is 0. The van der Waals surface area contributed by atoms with E-state index in [2.05, 4.69) is 0 Å². The molecule has 0 aliphatic rings. The normalized spacial score (nSPS) is 11.2. The molecule has 0 bridgehead atoms. The maximum absolute atomic E-state index is 12.9. The molecule has 0 aliphatic heterocycles. The molecule has 0 radical (unpaired) electrons. The number of hydrogen-bond acceptors (Lipinski definition) is 6. The van der Waals surface area contributed by atoms with Crippen LogP contribution >= 0.6 is 0 Å². The Kier molecular flexibility index (Phi) is 4.75. The van der Waals surface area contributed by atoms with Crippen molar-refractivity contribution in [2.24, 2.45) is 0 Å². The lowest BCUT2D eigenvalue weighted by Gasteiger charge is -2.22. The van der Waals surface area contributed by atoms with Crippen LogP contribution in [-0.4, -0.2) is 25.3 Å². The van der Waals surface area contributed by atoms with Gasteiger partial charge >= 0.3 is 0 Å². The molecule has 0 heterocycles. The number of nitro benzene ring substituents is 2. The van der Waals surface area contributed by atoms with E-state index in [1.54, 1.807) is 0 Å². The zero-order chi connectivity index (χ0) is 18.9. The van der Waals surface area contributed by atoms with Crippen LogP contribution in [0.15, 0.2) is 41.3 Å². The second-order valence-corrected chi connectivity index (χ2v) is 7.30. The van der Waals surface area contributed by atoms with Crippen LogP contribution in [0, 0.1) is 34.1 Å². The number of anilines is 1. The van der Waals surface area contributed by atoms with Crippen LogP contribution in [0.2, 0.25) is 0 Å². The standard InChI is InChI=1S/C15H15N3O6S/c1-10-7-8-12(17(19)20)9-15(10)25(23,24)16(3)13-5-4-6-14(11(13)2)18(21)22/h4-9H,1-3H3. The van der Waals surface area contributed by atoms with E-state index < -0.39 is 19.9 Å². The molecular formula is C15H15N3O6S. The average molecular weight is 365 g/mol. The molecule has 0 saturated heterocycles. The van der Waals surface area contributed by atoms with E-state index in [1.807, 2.05) is 0 Å². The van der Waals surface area contributed by atoms with Crippen molar-refractivity contribution in [2.45, 2.75) is 18.7 Å². The van der Waals surface area contributed by atoms with Crippen LogP contribution in [0.25, 0.3) is 0 Å². The van der Waals surface area contributed by atoms with E-state index in [0.717, 1.165) is 10.4 Å². The van der Waals surface area contributed by atoms with E-state index in [1.165, 1.54) is 51.2 Å². The van der Waals surface area contributed by atoms with Crippen LogP contribution < -0.4 is 4.31 Å². The molecule has 0 aromatic heterocycles. The van der Waals surface area contributed by atoms with Gasteiger partial charge in [-0.2, -0.15) is 0 Å². The Morgan fingerprint density at radius 2 is 1.64 bits per heavy atom. The maximum atomic E-state index is 12.9. The van der Waals surface area contributed by atoms with Gasteiger partial charge in [0.25, 0.3) is 21.4 Å². The van der Waals surface area contributed by atoms with E-state index in [0.29, 0.717) is 5.56 Å². The second-order valence-electron chi connectivity index (χ2n) is 5.36. The quantitative estimate of drug-likeness (QED) is 0.593. The Labute approximate surface area is 143 Å². The van der Waals surface area contributed by atoms with Gasteiger partial charge in [0.2, 0.25) is 0 Å². The molecule has 0 saturated carbocycles. The van der Waals surface area contributed by atoms with Crippen molar-refractivity contribution in [3.8, 4) is 0 Å². The van der Waals surface area contributed by atoms with Gasteiger partial charge in [-0.3, -0.25) is 24.5 Å². The van der Waals surface area contributed by atoms with Crippen molar-refractivity contribution in [2.75, 3.05) is 11.4 Å². The fourth-order valence-corrected chi connectivity index (χ4v) is 3.90. The van der Waals surface area contributed by atoms with Crippen molar-refractivity contribution >= 4 is 27.1 Å². The number of sulfonamides is 1. The monoisotopic (exact) mass is 365 g/mol. The van der Waals surface area contributed by atoms with Crippen molar-refractivity contribution in [3.05, 3.63) is 67.8 Å². The van der Waals surface area contributed by atoms with E-state index >= 15 is 0 Å². The third kappa shape index (κ3) is 3.29. The predicted molar refractivity (Wildman–Crippen MR) is 91.3 cm³/mol. The highest BCUT2D eigenvalue weighted by atomic mass is 32.2. The third-order valence-corrected chi connectivity index (χ3v) is 5.75. The van der Waals surface area contributed by atoms with E-state index in [4.69, 9.17) is 0 Å². The average Bonchev–Trinajstić information content (AvgIpc) is 2.54. The topological polar surface area (TPSA) is 124 Å². The molecule has 0 amide bonds. The van der Waals surface area contributed by atoms with Gasteiger partial charge in [-0.05, 0) is 25.5 Å². The first-order chi connectivity index (χ1) is 11.6. The summed E-state index contributed by atoms with van der Waals surface area (Å²) in [5.74, 6) is 0. The molecule has 0 aliphatic carbocycles. The highest BCUT2D eigenvalue weighted by Crippen LogP contribution is 2.32. The molecule has 10 heteroatoms. The Hall–Kier alpha value is -3.01. The summed E-state index contributed by atoms with van der Waals surface area (Å²) in [6.45, 7) is 2.96. The number of hydrogen-bond donors (Lipinski definition) is 0. The van der Waals surface area contributed by atoms with Gasteiger partial charge < -0.3 is 0 Å². The number of aryl methyl sites for hydroxylation is 1. The number of rotatable bonds is 5. The van der Waals surface area contributed by atoms with Gasteiger partial charge in [0.05, 0.1) is 26.0 Å². The number of nitrogens with zero attached hydrogens (tertiary/aromatic N) is 3. The fourth-order valence-electron chi connectivity index (χ4n) is 2.41. The summed E-state index contributed by atoms with van der Waals surface area (Å²) < 4.78 is 26.7. The van der Waals surface area contributed by atoms with Gasteiger partial charge in [0.15, 0.2) is 0 Å². The highest BCUT2D eigenvalue weighted by Gasteiger charge is 2.28. The molecule has 0 N–H and O–H groups in total. The molecule has 2 aromatic rings. The molecule has 132 valence electrons. The van der Waals surface area contributed by atoms with Gasteiger partial charge in [-0.25, -0.2) is 8.42 Å². The summed E-state index contributed by atoms with van der Waals surface area (Å²) in [6, 6.07) is 7.64. The summed E-state index contributed by atoms with van der Waals surface area (Å²) in [5.41, 5.74) is 0.0750. The van der Waals surface area contributed by atoms with Crippen LogP contribution in [0.4, 0.5) is 17.1 Å². The lowest BCUT2D eigenvalue weighted by molar-refractivity contribution is -0.385. The van der Waals surface area contributed by atoms with E-state index in [9.17, 15) is 28.6 Å². The van der Waals surface area contributed by atoms with Crippen molar-refractivity contribution in [1.29, 1.82) is 0 Å². The van der Waals surface area contributed by atoms with E-state index in [-0.39, 0.29) is 27.5 Å². The first kappa shape index (κ1) is 18.3. The predicted octanol–water partition coefficient (Wildman–Crippen LogP) is 2.94. The Morgan fingerprint density at radius 3 is 2.20 bits per heavy atom. The molecular weight excluding hydrogens is 350 g/mol. The first-order valence-corrected chi connectivity index (χ1v) is 8.49. The number of non-ortho nitro benzene ring substituents is 1. The van der Waals surface area contributed by atoms with Crippen LogP contribution in [-0.2, 0) is 10.0 Å². The Morgan fingerprint density at radius 1 is 1.00 bits per heavy atom. The highest BCUT2D eigenvalue weighted by molar-refractivity contribution is 7.92. The molecule has 0 unspecified atom stereocenters. The van der Waals surface area contributed by atoms with Gasteiger partial charge in [0, 0.05) is 25.2 Å². The van der Waals surface area contributed by atoms with Crippen LogP contribution in [0.3, 0.4) is 0 Å². The molecule has 0 fully saturated rings. The lowest BCUT2D eigenvalue weighted by atomic mass is 10.1. The van der Waals surface area contributed by atoms with Crippen LogP contribution in [0.1, 0.15) is 11.1 Å². The Bertz CT molecular complexity index is 971. The molecule has 0 spiro atoms. The largest absolute Gasteiger partial charge is 0.274 e. The summed E-state index contributed by atoms with van der Waals surface area (Å²) in [5, 5.41) is 22.0. The number of benzene rings is 2. The summed E-state index contributed by atoms with van der Waals surface area (Å²) in [4.78, 5) is 20.5. The molecule has 0 atom stereocenters. The molecule has 2 aromatic carbocycles. The van der Waals surface area contributed by atoms with Gasteiger partial charge in [-0.15, -0.1) is 0 Å². The smallest absolute Gasteiger partial charge is 0.269 e. The minimum absolute atomic E-state index is 0.125. The minimum Gasteiger partial charge on any atom is -0.269 e. The second kappa shape index (κ2) is 6.48. The van der Waals surface area contributed by atoms with Crippen molar-refractivity contribution < 1.29 is 18.3 Å². The van der Waals surface area contributed by atoms with Crippen LogP contribution in [0.5, 0.6) is 0 Å². The SMILES string of the molecule is Cc1ccc([N+](=O)[O-])cc1S(=O)(=O)N(C)c1cccc([N+](=O)[O-])c1C. The minimum atomic E-state index is -4.14. The summed E-state index contributed by atoms with van der Waals surface area (Å²) in [7, 11) is -2.89. The van der Waals surface area contributed by atoms with Gasteiger partial charge in [0.1, 0.15) is 0 Å².